The van der Waals surface area contributed by atoms with Crippen molar-refractivity contribution >= 4 is 11.6 Å². The maximum absolute atomic E-state index is 12.4. The zero-order valence-corrected chi connectivity index (χ0v) is 12.9. The highest BCUT2D eigenvalue weighted by Gasteiger charge is 2.10. The highest BCUT2D eigenvalue weighted by Crippen LogP contribution is 2.24. The lowest BCUT2D eigenvalue weighted by Gasteiger charge is -2.10. The minimum Gasteiger partial charge on any atom is -0.497 e. The van der Waals surface area contributed by atoms with Crippen LogP contribution < -0.4 is 19.5 Å². The van der Waals surface area contributed by atoms with E-state index in [1.807, 2.05) is 19.1 Å². The van der Waals surface area contributed by atoms with Gasteiger partial charge in [0.05, 0.1) is 20.8 Å². The van der Waals surface area contributed by atoms with Crippen molar-refractivity contribution in [1.29, 1.82) is 0 Å². The average Bonchev–Trinajstić information content (AvgIpc) is 2.55. The van der Waals surface area contributed by atoms with E-state index >= 15 is 0 Å². The molecule has 0 saturated carbocycles. The molecule has 0 bridgehead atoms. The standard InChI is InChI=1S/C17H19NO4/c1-4-22-14-7-5-6-13(10-14)18-17(19)12-8-15(20-2)11-16(9-12)21-3/h5-11H,4H2,1-3H3,(H,18,19). The summed E-state index contributed by atoms with van der Waals surface area (Å²) < 4.78 is 15.8. The molecule has 0 aliphatic carbocycles. The maximum atomic E-state index is 12.4. The Morgan fingerprint density at radius 3 is 2.27 bits per heavy atom. The van der Waals surface area contributed by atoms with E-state index in [1.54, 1.807) is 44.6 Å². The lowest BCUT2D eigenvalue weighted by molar-refractivity contribution is 0.102. The summed E-state index contributed by atoms with van der Waals surface area (Å²) in [6.45, 7) is 2.48. The van der Waals surface area contributed by atoms with E-state index in [2.05, 4.69) is 5.32 Å². The number of hydrogen-bond acceptors (Lipinski definition) is 4. The van der Waals surface area contributed by atoms with Crippen LogP contribution in [-0.2, 0) is 0 Å². The molecule has 5 heteroatoms. The first-order chi connectivity index (χ1) is 10.7. The molecule has 0 unspecified atom stereocenters. The van der Waals surface area contributed by atoms with Crippen LogP contribution in [0.25, 0.3) is 0 Å². The SMILES string of the molecule is CCOc1cccc(NC(=O)c2cc(OC)cc(OC)c2)c1. The lowest BCUT2D eigenvalue weighted by atomic mass is 10.1. The Labute approximate surface area is 129 Å². The topological polar surface area (TPSA) is 56.8 Å². The average molecular weight is 301 g/mol. The highest BCUT2D eigenvalue weighted by atomic mass is 16.5. The van der Waals surface area contributed by atoms with Crippen molar-refractivity contribution in [2.45, 2.75) is 6.92 Å². The molecule has 2 rings (SSSR count). The van der Waals surface area contributed by atoms with Gasteiger partial charge in [-0.1, -0.05) is 6.07 Å². The smallest absolute Gasteiger partial charge is 0.255 e. The number of anilines is 1. The van der Waals surface area contributed by atoms with Crippen molar-refractivity contribution in [3.8, 4) is 17.2 Å². The Morgan fingerprint density at radius 1 is 1.00 bits per heavy atom. The largest absolute Gasteiger partial charge is 0.497 e. The molecular weight excluding hydrogens is 282 g/mol. The molecule has 1 N–H and O–H groups in total. The highest BCUT2D eigenvalue weighted by molar-refractivity contribution is 6.04. The summed E-state index contributed by atoms with van der Waals surface area (Å²) in [6, 6.07) is 12.3. The number of amides is 1. The van der Waals surface area contributed by atoms with Gasteiger partial charge in [-0.25, -0.2) is 0 Å². The van der Waals surface area contributed by atoms with Gasteiger partial charge in [0, 0.05) is 23.4 Å². The Bertz CT molecular complexity index is 633. The van der Waals surface area contributed by atoms with E-state index in [0.29, 0.717) is 35.1 Å². The van der Waals surface area contributed by atoms with Crippen molar-refractivity contribution in [3.63, 3.8) is 0 Å². The van der Waals surface area contributed by atoms with Crippen molar-refractivity contribution in [2.75, 3.05) is 26.1 Å². The monoisotopic (exact) mass is 301 g/mol. The number of ether oxygens (including phenoxy) is 3. The number of hydrogen-bond donors (Lipinski definition) is 1. The van der Waals surface area contributed by atoms with Gasteiger partial charge in [-0.3, -0.25) is 4.79 Å². The Hall–Kier alpha value is -2.69. The Kier molecular flexibility index (Phi) is 5.25. The first-order valence-corrected chi connectivity index (χ1v) is 6.93. The second-order valence-electron chi connectivity index (χ2n) is 4.52. The molecule has 1 amide bonds. The van der Waals surface area contributed by atoms with E-state index in [1.165, 1.54) is 0 Å². The van der Waals surface area contributed by atoms with E-state index in [-0.39, 0.29) is 5.91 Å². The summed E-state index contributed by atoms with van der Waals surface area (Å²) in [6.07, 6.45) is 0. The fraction of sp³-hybridized carbons (Fsp3) is 0.235. The molecule has 0 fully saturated rings. The summed E-state index contributed by atoms with van der Waals surface area (Å²) in [4.78, 5) is 12.4. The third-order valence-electron chi connectivity index (χ3n) is 3.02. The predicted molar refractivity (Wildman–Crippen MR) is 85.1 cm³/mol. The van der Waals surface area contributed by atoms with Crippen molar-refractivity contribution in [1.82, 2.24) is 0 Å². The zero-order chi connectivity index (χ0) is 15.9. The van der Waals surface area contributed by atoms with Crippen LogP contribution in [0.2, 0.25) is 0 Å². The van der Waals surface area contributed by atoms with Crippen LogP contribution in [-0.4, -0.2) is 26.7 Å². The predicted octanol–water partition coefficient (Wildman–Crippen LogP) is 3.35. The summed E-state index contributed by atoms with van der Waals surface area (Å²) >= 11 is 0. The van der Waals surface area contributed by atoms with Crippen LogP contribution in [0, 0.1) is 0 Å². The quantitative estimate of drug-likeness (QED) is 0.889. The molecule has 0 heterocycles. The van der Waals surface area contributed by atoms with Gasteiger partial charge in [-0.2, -0.15) is 0 Å². The number of rotatable bonds is 6. The molecular formula is C17H19NO4. The molecule has 116 valence electrons. The molecule has 0 radical (unpaired) electrons. The fourth-order valence-corrected chi connectivity index (χ4v) is 1.97. The molecule has 0 aliphatic rings. The number of benzene rings is 2. The van der Waals surface area contributed by atoms with E-state index in [4.69, 9.17) is 14.2 Å². The minimum absolute atomic E-state index is 0.245. The second-order valence-corrected chi connectivity index (χ2v) is 4.52. The van der Waals surface area contributed by atoms with Crippen LogP contribution in [0.3, 0.4) is 0 Å². The molecule has 0 saturated heterocycles. The van der Waals surface area contributed by atoms with E-state index in [0.717, 1.165) is 0 Å². The van der Waals surface area contributed by atoms with Gasteiger partial charge < -0.3 is 19.5 Å². The van der Waals surface area contributed by atoms with Crippen LogP contribution in [0.15, 0.2) is 42.5 Å². The maximum Gasteiger partial charge on any atom is 0.255 e. The summed E-state index contributed by atoms with van der Waals surface area (Å²) in [5.41, 5.74) is 1.12. The third-order valence-corrected chi connectivity index (χ3v) is 3.02. The minimum atomic E-state index is -0.245. The van der Waals surface area contributed by atoms with Crippen molar-refractivity contribution < 1.29 is 19.0 Å². The van der Waals surface area contributed by atoms with Crippen LogP contribution >= 0.6 is 0 Å². The molecule has 2 aromatic carbocycles. The zero-order valence-electron chi connectivity index (χ0n) is 12.9. The van der Waals surface area contributed by atoms with Crippen LogP contribution in [0.1, 0.15) is 17.3 Å². The van der Waals surface area contributed by atoms with E-state index in [9.17, 15) is 4.79 Å². The van der Waals surface area contributed by atoms with Crippen LogP contribution in [0.4, 0.5) is 5.69 Å². The van der Waals surface area contributed by atoms with Gasteiger partial charge in [-0.15, -0.1) is 0 Å². The molecule has 0 atom stereocenters. The van der Waals surface area contributed by atoms with Crippen LogP contribution in [0.5, 0.6) is 17.2 Å². The van der Waals surface area contributed by atoms with Gasteiger partial charge in [0.1, 0.15) is 17.2 Å². The van der Waals surface area contributed by atoms with Gasteiger partial charge in [0.15, 0.2) is 0 Å². The lowest BCUT2D eigenvalue weighted by Crippen LogP contribution is -2.12. The molecule has 0 spiro atoms. The number of methoxy groups -OCH3 is 2. The summed E-state index contributed by atoms with van der Waals surface area (Å²) in [5.74, 6) is 1.59. The molecule has 0 aliphatic heterocycles. The summed E-state index contributed by atoms with van der Waals surface area (Å²) in [5, 5.41) is 2.83. The van der Waals surface area contributed by atoms with Crippen molar-refractivity contribution in [3.05, 3.63) is 48.0 Å². The van der Waals surface area contributed by atoms with Crippen molar-refractivity contribution in [2.24, 2.45) is 0 Å². The molecule has 22 heavy (non-hydrogen) atoms. The third kappa shape index (κ3) is 3.91. The van der Waals surface area contributed by atoms with Gasteiger partial charge in [-0.05, 0) is 31.2 Å². The second kappa shape index (κ2) is 7.36. The Balaban J connectivity index is 2.20. The molecule has 5 nitrogen and oxygen atoms in total. The normalized spacial score (nSPS) is 9.95. The first kappa shape index (κ1) is 15.7. The number of carbonyl (C=O) groups excluding carboxylic acids is 1. The van der Waals surface area contributed by atoms with Gasteiger partial charge in [0.25, 0.3) is 5.91 Å². The van der Waals surface area contributed by atoms with Gasteiger partial charge in [0.2, 0.25) is 0 Å². The first-order valence-electron chi connectivity index (χ1n) is 6.93. The molecule has 2 aromatic rings. The number of carbonyl (C=O) groups is 1. The fourth-order valence-electron chi connectivity index (χ4n) is 1.97. The Morgan fingerprint density at radius 2 is 1.68 bits per heavy atom. The molecule has 0 aromatic heterocycles. The number of nitrogens with one attached hydrogen (secondary N) is 1. The van der Waals surface area contributed by atoms with E-state index < -0.39 is 0 Å². The summed E-state index contributed by atoms with van der Waals surface area (Å²) in [7, 11) is 3.09. The van der Waals surface area contributed by atoms with Gasteiger partial charge >= 0.3 is 0 Å².